The lowest BCUT2D eigenvalue weighted by Gasteiger charge is -2.34. The molecular formula is C21H33N3O3. The lowest BCUT2D eigenvalue weighted by Crippen LogP contribution is -2.42. The van der Waals surface area contributed by atoms with Crippen LogP contribution in [0.4, 0.5) is 4.79 Å². The number of nitrogens with zero attached hydrogens (tertiary/aromatic N) is 2. The van der Waals surface area contributed by atoms with E-state index < -0.39 is 5.60 Å². The normalized spacial score (nSPS) is 19.3. The average Bonchev–Trinajstić information content (AvgIpc) is 3.30. The summed E-state index contributed by atoms with van der Waals surface area (Å²) in [5.74, 6) is 0.649. The van der Waals surface area contributed by atoms with Gasteiger partial charge in [-0.25, -0.2) is 4.79 Å². The van der Waals surface area contributed by atoms with E-state index in [1.54, 1.807) is 4.90 Å². The van der Waals surface area contributed by atoms with Crippen molar-refractivity contribution in [2.24, 2.45) is 5.92 Å². The molecule has 2 heterocycles. The molecule has 1 aromatic rings. The first kappa shape index (κ1) is 19.8. The van der Waals surface area contributed by atoms with Crippen molar-refractivity contribution < 1.29 is 14.3 Å². The summed E-state index contributed by atoms with van der Waals surface area (Å²) >= 11 is 0. The van der Waals surface area contributed by atoms with Crippen LogP contribution in [0.3, 0.4) is 0 Å². The summed E-state index contributed by atoms with van der Waals surface area (Å²) in [5, 5.41) is 3.11. The Morgan fingerprint density at radius 2 is 1.81 bits per heavy atom. The van der Waals surface area contributed by atoms with Gasteiger partial charge in [0.1, 0.15) is 11.3 Å². The molecule has 0 radical (unpaired) electrons. The summed E-state index contributed by atoms with van der Waals surface area (Å²) in [6.45, 7) is 7.73. The molecule has 27 heavy (non-hydrogen) atoms. The minimum atomic E-state index is -0.473. The fourth-order valence-corrected chi connectivity index (χ4v) is 4.10. The number of hydrogen-bond acceptors (Lipinski definition) is 3. The lowest BCUT2D eigenvalue weighted by molar-refractivity contribution is 0.0187. The van der Waals surface area contributed by atoms with Crippen LogP contribution >= 0.6 is 0 Å². The Hall–Kier alpha value is -1.98. The molecule has 2 aliphatic rings. The molecule has 1 aliphatic carbocycles. The molecule has 6 nitrogen and oxygen atoms in total. The minimum Gasteiger partial charge on any atom is -0.444 e. The maximum Gasteiger partial charge on any atom is 0.410 e. The van der Waals surface area contributed by atoms with Gasteiger partial charge < -0.3 is 19.5 Å². The standard InChI is InChI=1S/C21H33N3O3/c1-21(2,3)27-20(26)23-13-10-17(11-14-23)24-12-6-9-18(24)19(25)22-15-16-7-4-5-8-16/h6,9,12,16-17H,4-5,7-8,10-11,13-15H2,1-3H3,(H,22,25). The van der Waals surface area contributed by atoms with E-state index in [2.05, 4.69) is 9.88 Å². The Bertz CT molecular complexity index is 648. The molecule has 6 heteroatoms. The van der Waals surface area contributed by atoms with Gasteiger partial charge in [0.25, 0.3) is 5.91 Å². The first-order valence-corrected chi connectivity index (χ1v) is 10.3. The van der Waals surface area contributed by atoms with E-state index in [0.29, 0.717) is 19.0 Å². The Labute approximate surface area is 162 Å². The van der Waals surface area contributed by atoms with Gasteiger partial charge in [0, 0.05) is 31.9 Å². The number of aromatic nitrogens is 1. The van der Waals surface area contributed by atoms with E-state index in [-0.39, 0.29) is 18.0 Å². The zero-order valence-electron chi connectivity index (χ0n) is 16.9. The van der Waals surface area contributed by atoms with Crippen LogP contribution in [0.2, 0.25) is 0 Å². The highest BCUT2D eigenvalue weighted by Gasteiger charge is 2.28. The van der Waals surface area contributed by atoms with E-state index >= 15 is 0 Å². The van der Waals surface area contributed by atoms with Crippen LogP contribution < -0.4 is 5.32 Å². The summed E-state index contributed by atoms with van der Waals surface area (Å²) in [5.41, 5.74) is 0.252. The summed E-state index contributed by atoms with van der Waals surface area (Å²) < 4.78 is 7.54. The topological polar surface area (TPSA) is 63.6 Å². The van der Waals surface area contributed by atoms with Gasteiger partial charge in [0.05, 0.1) is 0 Å². The predicted molar refractivity (Wildman–Crippen MR) is 105 cm³/mol. The zero-order valence-corrected chi connectivity index (χ0v) is 16.9. The number of nitrogens with one attached hydrogen (secondary N) is 1. The van der Waals surface area contributed by atoms with Crippen molar-refractivity contribution in [2.75, 3.05) is 19.6 Å². The maximum atomic E-state index is 12.6. The molecular weight excluding hydrogens is 342 g/mol. The molecule has 150 valence electrons. The third-order valence-electron chi connectivity index (χ3n) is 5.55. The van der Waals surface area contributed by atoms with Gasteiger partial charge in [0.2, 0.25) is 0 Å². The van der Waals surface area contributed by atoms with Gasteiger partial charge in [-0.05, 0) is 64.5 Å². The van der Waals surface area contributed by atoms with Crippen LogP contribution in [-0.2, 0) is 4.74 Å². The molecule has 1 saturated heterocycles. The smallest absolute Gasteiger partial charge is 0.410 e. The fraction of sp³-hybridized carbons (Fsp3) is 0.714. The number of amides is 2. The van der Waals surface area contributed by atoms with Crippen LogP contribution in [-0.4, -0.2) is 46.7 Å². The molecule has 0 spiro atoms. The lowest BCUT2D eigenvalue weighted by atomic mass is 10.0. The van der Waals surface area contributed by atoms with Gasteiger partial charge in [-0.3, -0.25) is 4.79 Å². The highest BCUT2D eigenvalue weighted by molar-refractivity contribution is 5.92. The van der Waals surface area contributed by atoms with Gasteiger partial charge in [-0.1, -0.05) is 12.8 Å². The molecule has 0 unspecified atom stereocenters. The minimum absolute atomic E-state index is 0.0153. The average molecular weight is 376 g/mol. The first-order valence-electron chi connectivity index (χ1n) is 10.3. The number of carbonyl (C=O) groups is 2. The van der Waals surface area contributed by atoms with E-state index in [1.165, 1.54) is 25.7 Å². The summed E-state index contributed by atoms with van der Waals surface area (Å²) in [7, 11) is 0. The molecule has 2 amide bonds. The fourth-order valence-electron chi connectivity index (χ4n) is 4.10. The molecule has 2 fully saturated rings. The van der Waals surface area contributed by atoms with Crippen LogP contribution in [0.5, 0.6) is 0 Å². The van der Waals surface area contributed by atoms with Crippen LogP contribution in [0, 0.1) is 5.92 Å². The van der Waals surface area contributed by atoms with Gasteiger partial charge in [-0.15, -0.1) is 0 Å². The first-order chi connectivity index (χ1) is 12.8. The third-order valence-corrected chi connectivity index (χ3v) is 5.55. The second-order valence-electron chi connectivity index (χ2n) is 8.86. The van der Waals surface area contributed by atoms with E-state index in [0.717, 1.165) is 25.1 Å². The second kappa shape index (κ2) is 8.36. The molecule has 1 aliphatic heterocycles. The highest BCUT2D eigenvalue weighted by Crippen LogP contribution is 2.26. The van der Waals surface area contributed by atoms with Gasteiger partial charge in [-0.2, -0.15) is 0 Å². The van der Waals surface area contributed by atoms with Gasteiger partial charge in [0.15, 0.2) is 0 Å². The molecule has 0 atom stereocenters. The van der Waals surface area contributed by atoms with Crippen molar-refractivity contribution in [2.45, 2.75) is 70.9 Å². The SMILES string of the molecule is CC(C)(C)OC(=O)N1CCC(n2cccc2C(=O)NCC2CCCC2)CC1. The highest BCUT2D eigenvalue weighted by atomic mass is 16.6. The summed E-state index contributed by atoms with van der Waals surface area (Å²) in [4.78, 5) is 26.6. The maximum absolute atomic E-state index is 12.6. The number of likely N-dealkylation sites (tertiary alicyclic amines) is 1. The number of hydrogen-bond donors (Lipinski definition) is 1. The number of carbonyl (C=O) groups excluding carboxylic acids is 2. The molecule has 1 N–H and O–H groups in total. The van der Waals surface area contributed by atoms with Crippen LogP contribution in [0.25, 0.3) is 0 Å². The quantitative estimate of drug-likeness (QED) is 0.866. The van der Waals surface area contributed by atoms with Gasteiger partial charge >= 0.3 is 6.09 Å². The van der Waals surface area contributed by atoms with Crippen molar-refractivity contribution in [3.63, 3.8) is 0 Å². The molecule has 1 saturated carbocycles. The van der Waals surface area contributed by atoms with Crippen molar-refractivity contribution in [3.05, 3.63) is 24.0 Å². The Morgan fingerprint density at radius 3 is 2.44 bits per heavy atom. The number of piperidine rings is 1. The zero-order chi connectivity index (χ0) is 19.4. The Kier molecular flexibility index (Phi) is 6.12. The van der Waals surface area contributed by atoms with Crippen molar-refractivity contribution in [1.82, 2.24) is 14.8 Å². The van der Waals surface area contributed by atoms with Crippen molar-refractivity contribution in [3.8, 4) is 0 Å². The van der Waals surface area contributed by atoms with Crippen LogP contribution in [0.15, 0.2) is 18.3 Å². The van der Waals surface area contributed by atoms with Crippen LogP contribution in [0.1, 0.15) is 75.8 Å². The number of rotatable bonds is 4. The van der Waals surface area contributed by atoms with E-state index in [4.69, 9.17) is 4.74 Å². The summed E-state index contributed by atoms with van der Waals surface area (Å²) in [6, 6.07) is 4.07. The molecule has 1 aromatic heterocycles. The molecule has 0 aromatic carbocycles. The second-order valence-corrected chi connectivity index (χ2v) is 8.86. The largest absolute Gasteiger partial charge is 0.444 e. The molecule has 0 bridgehead atoms. The predicted octanol–water partition coefficient (Wildman–Crippen LogP) is 3.98. The van der Waals surface area contributed by atoms with Crippen molar-refractivity contribution in [1.29, 1.82) is 0 Å². The third kappa shape index (κ3) is 5.27. The van der Waals surface area contributed by atoms with E-state index in [9.17, 15) is 9.59 Å². The monoisotopic (exact) mass is 375 g/mol. The van der Waals surface area contributed by atoms with Crippen molar-refractivity contribution >= 4 is 12.0 Å². The Balaban J connectivity index is 1.53. The summed E-state index contributed by atoms with van der Waals surface area (Å²) in [6.07, 6.45) is 8.42. The molecule has 3 rings (SSSR count). The Morgan fingerprint density at radius 1 is 1.15 bits per heavy atom. The van der Waals surface area contributed by atoms with E-state index in [1.807, 2.05) is 39.1 Å². The number of ether oxygens (including phenoxy) is 1.